The minimum absolute atomic E-state index is 0.292. The molecule has 6 nitrogen and oxygen atoms in total. The predicted molar refractivity (Wildman–Crippen MR) is 98.5 cm³/mol. The lowest BCUT2D eigenvalue weighted by Crippen LogP contribution is -2.27. The van der Waals surface area contributed by atoms with Crippen molar-refractivity contribution in [2.24, 2.45) is 0 Å². The molecule has 1 aromatic carbocycles. The van der Waals surface area contributed by atoms with Gasteiger partial charge in [-0.15, -0.1) is 11.3 Å². The smallest absolute Gasteiger partial charge is 0.243 e. The fourth-order valence-corrected chi connectivity index (χ4v) is 4.86. The second-order valence-corrected chi connectivity index (χ2v) is 8.54. The van der Waals surface area contributed by atoms with Crippen molar-refractivity contribution in [3.05, 3.63) is 46.5 Å². The predicted octanol–water partition coefficient (Wildman–Crippen LogP) is 3.21. The fourth-order valence-electron chi connectivity index (χ4n) is 2.58. The van der Waals surface area contributed by atoms with Gasteiger partial charge in [0.1, 0.15) is 16.6 Å². The third-order valence-corrected chi connectivity index (χ3v) is 6.82. The highest BCUT2D eigenvalue weighted by molar-refractivity contribution is 7.89. The Balaban J connectivity index is 1.74. The molecule has 2 heterocycles. The number of aryl methyl sites for hydroxylation is 1. The third-order valence-electron chi connectivity index (χ3n) is 3.91. The molecule has 0 atom stereocenters. The van der Waals surface area contributed by atoms with Crippen molar-refractivity contribution in [2.45, 2.75) is 24.7 Å². The maximum absolute atomic E-state index is 12.5. The molecule has 8 heteroatoms. The van der Waals surface area contributed by atoms with Crippen LogP contribution in [0.15, 0.2) is 40.7 Å². The molecule has 0 radical (unpaired) electrons. The molecule has 3 rings (SSSR count). The lowest BCUT2D eigenvalue weighted by molar-refractivity contribution is 0.477. The number of nitriles is 1. The topological polar surface area (TPSA) is 86.1 Å². The second-order valence-electron chi connectivity index (χ2n) is 5.74. The van der Waals surface area contributed by atoms with E-state index in [0.29, 0.717) is 34.3 Å². The van der Waals surface area contributed by atoms with Crippen LogP contribution in [-0.4, -0.2) is 30.8 Å². The van der Waals surface area contributed by atoms with E-state index in [1.54, 1.807) is 30.5 Å². The third kappa shape index (κ3) is 3.90. The minimum atomic E-state index is -3.40. The van der Waals surface area contributed by atoms with E-state index in [4.69, 9.17) is 0 Å². The zero-order valence-corrected chi connectivity index (χ0v) is 15.4. The maximum atomic E-state index is 12.5. The molecule has 1 saturated heterocycles. The normalized spacial score (nSPS) is 15.9. The van der Waals surface area contributed by atoms with E-state index >= 15 is 0 Å². The van der Waals surface area contributed by atoms with Crippen molar-refractivity contribution in [1.29, 1.82) is 5.26 Å². The van der Waals surface area contributed by atoms with Gasteiger partial charge in [-0.3, -0.25) is 0 Å². The molecule has 1 aliphatic rings. The first-order chi connectivity index (χ1) is 12.0. The summed E-state index contributed by atoms with van der Waals surface area (Å²) < 4.78 is 26.5. The molecule has 0 unspecified atom stereocenters. The molecular formula is C17H18N4O2S2. The van der Waals surface area contributed by atoms with Crippen LogP contribution >= 0.6 is 11.3 Å². The number of rotatable bonds is 5. The Hall–Kier alpha value is -2.21. The number of thiazole rings is 1. The highest BCUT2D eigenvalue weighted by Crippen LogP contribution is 2.23. The van der Waals surface area contributed by atoms with Gasteiger partial charge in [0.05, 0.1) is 4.90 Å². The average Bonchev–Trinajstić information content (AvgIpc) is 3.28. The number of sulfonamides is 1. The summed E-state index contributed by atoms with van der Waals surface area (Å²) in [5, 5.41) is 14.8. The van der Waals surface area contributed by atoms with Gasteiger partial charge in [-0.2, -0.15) is 9.57 Å². The first-order valence-corrected chi connectivity index (χ1v) is 10.2. The summed E-state index contributed by atoms with van der Waals surface area (Å²) >= 11 is 1.41. The lowest BCUT2D eigenvalue weighted by atomic mass is 10.3. The molecule has 25 heavy (non-hydrogen) atoms. The van der Waals surface area contributed by atoms with Crippen molar-refractivity contribution in [3.63, 3.8) is 0 Å². The van der Waals surface area contributed by atoms with Crippen LogP contribution in [0.2, 0.25) is 0 Å². The van der Waals surface area contributed by atoms with Gasteiger partial charge in [-0.05, 0) is 44.0 Å². The van der Waals surface area contributed by atoms with E-state index < -0.39 is 10.0 Å². The number of aromatic nitrogens is 1. The molecule has 1 aromatic heterocycles. The summed E-state index contributed by atoms with van der Waals surface area (Å²) in [4.78, 5) is 4.58. The monoisotopic (exact) mass is 374 g/mol. The van der Waals surface area contributed by atoms with Crippen LogP contribution < -0.4 is 5.32 Å². The van der Waals surface area contributed by atoms with E-state index in [9.17, 15) is 13.7 Å². The van der Waals surface area contributed by atoms with E-state index in [1.165, 1.54) is 15.6 Å². The molecule has 1 N–H and O–H groups in total. The second kappa shape index (κ2) is 7.35. The Morgan fingerprint density at radius 1 is 1.32 bits per heavy atom. The van der Waals surface area contributed by atoms with Crippen LogP contribution in [0.25, 0.3) is 5.57 Å². The summed E-state index contributed by atoms with van der Waals surface area (Å²) in [6.07, 6.45) is 3.41. The van der Waals surface area contributed by atoms with Crippen molar-refractivity contribution in [2.75, 3.05) is 18.4 Å². The first-order valence-electron chi connectivity index (χ1n) is 7.90. The number of nitrogens with one attached hydrogen (secondary N) is 1. The molecule has 0 amide bonds. The van der Waals surface area contributed by atoms with E-state index in [-0.39, 0.29) is 0 Å². The Bertz CT molecular complexity index is 918. The summed E-state index contributed by atoms with van der Waals surface area (Å²) in [5.74, 6) is 0. The van der Waals surface area contributed by atoms with Crippen LogP contribution in [0.3, 0.4) is 0 Å². The van der Waals surface area contributed by atoms with Gasteiger partial charge in [0.15, 0.2) is 0 Å². The zero-order valence-electron chi connectivity index (χ0n) is 13.8. The molecular weight excluding hydrogens is 356 g/mol. The van der Waals surface area contributed by atoms with Gasteiger partial charge in [-0.25, -0.2) is 13.4 Å². The first kappa shape index (κ1) is 17.6. The Labute approximate surface area is 151 Å². The maximum Gasteiger partial charge on any atom is 0.243 e. The number of benzene rings is 1. The van der Waals surface area contributed by atoms with Gasteiger partial charge >= 0.3 is 0 Å². The standard InChI is InChI=1S/C17H18N4O2S2/c1-13-12-24-17(20-13)14(10-18)11-19-15-4-6-16(7-5-15)25(22,23)21-8-2-3-9-21/h4-7,11-12,19H,2-3,8-9H2,1H3/b14-11+. The average molecular weight is 374 g/mol. The van der Waals surface area contributed by atoms with Gasteiger partial charge in [0.2, 0.25) is 10.0 Å². The summed E-state index contributed by atoms with van der Waals surface area (Å²) in [6, 6.07) is 8.68. The SMILES string of the molecule is Cc1csc(/C(C#N)=C/Nc2ccc(S(=O)(=O)N3CCCC3)cc2)n1. The van der Waals surface area contributed by atoms with Crippen LogP contribution in [-0.2, 0) is 10.0 Å². The molecule has 1 aliphatic heterocycles. The van der Waals surface area contributed by atoms with Crippen molar-refractivity contribution in [1.82, 2.24) is 9.29 Å². The van der Waals surface area contributed by atoms with Gasteiger partial charge < -0.3 is 5.32 Å². The Morgan fingerprint density at radius 2 is 2.00 bits per heavy atom. The van der Waals surface area contributed by atoms with E-state index in [1.807, 2.05) is 12.3 Å². The largest absolute Gasteiger partial charge is 0.360 e. The summed E-state index contributed by atoms with van der Waals surface area (Å²) in [6.45, 7) is 3.05. The Morgan fingerprint density at radius 3 is 2.56 bits per heavy atom. The van der Waals surface area contributed by atoms with Gasteiger partial charge in [0.25, 0.3) is 0 Å². The highest BCUT2D eigenvalue weighted by atomic mass is 32.2. The minimum Gasteiger partial charge on any atom is -0.360 e. The highest BCUT2D eigenvalue weighted by Gasteiger charge is 2.26. The van der Waals surface area contributed by atoms with Crippen molar-refractivity contribution < 1.29 is 8.42 Å². The summed E-state index contributed by atoms with van der Waals surface area (Å²) in [7, 11) is -3.40. The summed E-state index contributed by atoms with van der Waals surface area (Å²) in [5.41, 5.74) is 2.02. The van der Waals surface area contributed by atoms with Crippen LogP contribution in [0.5, 0.6) is 0 Å². The van der Waals surface area contributed by atoms with Crippen molar-refractivity contribution >= 4 is 32.6 Å². The van der Waals surface area contributed by atoms with Gasteiger partial charge in [-0.1, -0.05) is 0 Å². The molecule has 0 spiro atoms. The molecule has 0 saturated carbocycles. The molecule has 1 fully saturated rings. The quantitative estimate of drug-likeness (QED) is 0.812. The van der Waals surface area contributed by atoms with E-state index in [0.717, 1.165) is 18.5 Å². The van der Waals surface area contributed by atoms with Crippen LogP contribution in [0.4, 0.5) is 5.69 Å². The fraction of sp³-hybridized carbons (Fsp3) is 0.294. The number of nitrogens with zero attached hydrogens (tertiary/aromatic N) is 3. The molecule has 0 aliphatic carbocycles. The number of allylic oxidation sites excluding steroid dienone is 1. The molecule has 2 aromatic rings. The number of anilines is 1. The van der Waals surface area contributed by atoms with Gasteiger partial charge in [0, 0.05) is 36.1 Å². The number of hydrogen-bond acceptors (Lipinski definition) is 6. The van der Waals surface area contributed by atoms with E-state index in [2.05, 4.69) is 16.4 Å². The van der Waals surface area contributed by atoms with Crippen molar-refractivity contribution in [3.8, 4) is 6.07 Å². The lowest BCUT2D eigenvalue weighted by Gasteiger charge is -2.15. The Kier molecular flexibility index (Phi) is 5.18. The van der Waals surface area contributed by atoms with Crippen LogP contribution in [0, 0.1) is 18.3 Å². The number of hydrogen-bond donors (Lipinski definition) is 1. The zero-order chi connectivity index (χ0) is 17.9. The van der Waals surface area contributed by atoms with Crippen LogP contribution in [0.1, 0.15) is 23.5 Å². The molecule has 0 bridgehead atoms. The molecule has 130 valence electrons.